The molecule has 3 N–H and O–H groups in total. The van der Waals surface area contributed by atoms with E-state index in [9.17, 15) is 0 Å². The van der Waals surface area contributed by atoms with Crippen LogP contribution in [0.2, 0.25) is 0 Å². The van der Waals surface area contributed by atoms with E-state index in [0.717, 1.165) is 67.1 Å². The Kier molecular flexibility index (Phi) is 10.2. The zero-order chi connectivity index (χ0) is 44.6. The number of anilines is 5. The molecule has 0 radical (unpaired) electrons. The number of nitrogens with zero attached hydrogens (tertiary/aromatic N) is 3. The summed E-state index contributed by atoms with van der Waals surface area (Å²) in [6.07, 6.45) is 5.58. The third-order valence-electron chi connectivity index (χ3n) is 13.0. The standard InChI is InChI=1S/C61H47N5/c1-3-39-63-60(62)42-29-31-47(32-30-42)65(49-33-35-52-51-27-17-18-28-55(51)61(56(52)41-49,43-19-9-5-10-20-43)44-21-11-6-12-22-44)48-34-38-58-54(40-48)53-36-37-57(64-45-23-13-7-14-24-45)50(4-2)59(53)66(58)46-25-15-8-16-26-46/h3-41,64H,2H2,1H3,(H2,62,63)/b39-3-. The molecule has 66 heavy (non-hydrogen) atoms. The van der Waals surface area contributed by atoms with E-state index in [1.54, 1.807) is 6.20 Å². The number of hydrogen-bond acceptors (Lipinski definition) is 3. The molecule has 10 aromatic rings. The Morgan fingerprint density at radius 2 is 1.18 bits per heavy atom. The van der Waals surface area contributed by atoms with Crippen molar-refractivity contribution < 1.29 is 0 Å². The zero-order valence-electron chi connectivity index (χ0n) is 36.6. The Morgan fingerprint density at radius 1 is 0.591 bits per heavy atom. The highest BCUT2D eigenvalue weighted by molar-refractivity contribution is 6.14. The van der Waals surface area contributed by atoms with Crippen molar-refractivity contribution in [3.05, 3.63) is 271 Å². The van der Waals surface area contributed by atoms with Crippen LogP contribution in [0, 0.1) is 0 Å². The molecule has 1 aromatic heterocycles. The summed E-state index contributed by atoms with van der Waals surface area (Å²) in [5.41, 5.74) is 23.5. The van der Waals surface area contributed by atoms with Crippen LogP contribution in [0.25, 0.3) is 44.7 Å². The van der Waals surface area contributed by atoms with Gasteiger partial charge in [0.05, 0.1) is 16.4 Å². The van der Waals surface area contributed by atoms with Gasteiger partial charge < -0.3 is 20.5 Å². The molecule has 0 unspecified atom stereocenters. The molecule has 0 aliphatic heterocycles. The van der Waals surface area contributed by atoms with Crippen molar-refractivity contribution in [2.24, 2.45) is 10.7 Å². The number of nitrogens with two attached hydrogens (primary N) is 1. The van der Waals surface area contributed by atoms with E-state index >= 15 is 0 Å². The molecular weight excluding hydrogens is 803 g/mol. The Hall–Kier alpha value is -8.67. The Bertz CT molecular complexity index is 3420. The van der Waals surface area contributed by atoms with Crippen molar-refractivity contribution in [1.82, 2.24) is 4.57 Å². The molecule has 0 fully saturated rings. The number of allylic oxidation sites excluding steroid dienone is 1. The minimum atomic E-state index is -0.558. The Labute approximate surface area is 385 Å². The van der Waals surface area contributed by atoms with E-state index in [1.807, 2.05) is 37.3 Å². The summed E-state index contributed by atoms with van der Waals surface area (Å²) in [6, 6.07) is 78.4. The monoisotopic (exact) mass is 849 g/mol. The van der Waals surface area contributed by atoms with Gasteiger partial charge in [-0.25, -0.2) is 4.99 Å². The van der Waals surface area contributed by atoms with Crippen molar-refractivity contribution in [3.63, 3.8) is 0 Å². The highest BCUT2D eigenvalue weighted by Crippen LogP contribution is 2.57. The summed E-state index contributed by atoms with van der Waals surface area (Å²) in [5, 5.41) is 5.93. The summed E-state index contributed by atoms with van der Waals surface area (Å²) in [6.45, 7) is 6.30. The molecule has 0 saturated carbocycles. The second-order valence-electron chi connectivity index (χ2n) is 16.6. The van der Waals surface area contributed by atoms with Gasteiger partial charge in [0, 0.05) is 62.2 Å². The van der Waals surface area contributed by atoms with Crippen molar-refractivity contribution in [2.45, 2.75) is 12.3 Å². The smallest absolute Gasteiger partial charge is 0.130 e. The first-order chi connectivity index (χ1) is 32.6. The number of benzene rings is 9. The minimum absolute atomic E-state index is 0.464. The molecule has 0 amide bonds. The van der Waals surface area contributed by atoms with Crippen LogP contribution >= 0.6 is 0 Å². The normalized spacial score (nSPS) is 12.9. The van der Waals surface area contributed by atoms with Crippen LogP contribution < -0.4 is 16.0 Å². The van der Waals surface area contributed by atoms with Gasteiger partial charge in [0.2, 0.25) is 0 Å². The van der Waals surface area contributed by atoms with E-state index in [2.05, 4.69) is 227 Å². The number of amidine groups is 1. The van der Waals surface area contributed by atoms with Gasteiger partial charge in [-0.1, -0.05) is 152 Å². The van der Waals surface area contributed by atoms with Gasteiger partial charge in [-0.3, -0.25) is 0 Å². The van der Waals surface area contributed by atoms with Gasteiger partial charge in [0.25, 0.3) is 0 Å². The quantitative estimate of drug-likeness (QED) is 0.101. The molecule has 0 spiro atoms. The lowest BCUT2D eigenvalue weighted by molar-refractivity contribution is 0.768. The van der Waals surface area contributed by atoms with Gasteiger partial charge in [-0.15, -0.1) is 0 Å². The first kappa shape index (κ1) is 40.1. The average Bonchev–Trinajstić information content (AvgIpc) is 3.87. The van der Waals surface area contributed by atoms with Gasteiger partial charge in [-0.05, 0) is 125 Å². The number of hydrogen-bond donors (Lipinski definition) is 2. The summed E-state index contributed by atoms with van der Waals surface area (Å²) in [7, 11) is 0. The molecule has 5 heteroatoms. The molecule has 1 aliphatic carbocycles. The second kappa shape index (κ2) is 16.8. The van der Waals surface area contributed by atoms with Crippen LogP contribution in [0.1, 0.15) is 40.3 Å². The molecule has 316 valence electrons. The Balaban J connectivity index is 1.16. The SMILES string of the molecule is C=Cc1c(Nc2ccccc2)ccc2c3cc(N(c4ccc(C(N)=N/C=C\C)cc4)c4ccc5c(c4)C(c4ccccc4)(c4ccccc4)c4ccccc4-5)ccc3n(-c3ccccc3)c12. The lowest BCUT2D eigenvalue weighted by atomic mass is 9.67. The average molecular weight is 850 g/mol. The van der Waals surface area contributed by atoms with Gasteiger partial charge in [0.1, 0.15) is 5.84 Å². The lowest BCUT2D eigenvalue weighted by Gasteiger charge is -2.35. The molecule has 0 atom stereocenters. The summed E-state index contributed by atoms with van der Waals surface area (Å²) >= 11 is 0. The first-order valence-corrected chi connectivity index (χ1v) is 22.4. The van der Waals surface area contributed by atoms with Gasteiger partial charge >= 0.3 is 0 Å². The zero-order valence-corrected chi connectivity index (χ0v) is 36.6. The van der Waals surface area contributed by atoms with E-state index in [4.69, 9.17) is 5.73 Å². The third-order valence-corrected chi connectivity index (χ3v) is 13.0. The fourth-order valence-electron chi connectivity index (χ4n) is 10.1. The number of aromatic nitrogens is 1. The highest BCUT2D eigenvalue weighted by Gasteiger charge is 2.46. The predicted molar refractivity (Wildman–Crippen MR) is 278 cm³/mol. The number of para-hydroxylation sites is 2. The molecule has 5 nitrogen and oxygen atoms in total. The summed E-state index contributed by atoms with van der Waals surface area (Å²) in [4.78, 5) is 6.83. The van der Waals surface area contributed by atoms with Crippen LogP contribution in [0.4, 0.5) is 28.4 Å². The van der Waals surface area contributed by atoms with Gasteiger partial charge in [-0.2, -0.15) is 0 Å². The molecule has 1 heterocycles. The molecule has 9 aromatic carbocycles. The topological polar surface area (TPSA) is 58.6 Å². The number of fused-ring (bicyclic) bond motifs is 6. The van der Waals surface area contributed by atoms with Gasteiger partial charge in [0.15, 0.2) is 0 Å². The van der Waals surface area contributed by atoms with Crippen molar-refractivity contribution >= 4 is 62.2 Å². The lowest BCUT2D eigenvalue weighted by Crippen LogP contribution is -2.28. The number of rotatable bonds is 11. The van der Waals surface area contributed by atoms with Crippen molar-refractivity contribution in [3.8, 4) is 16.8 Å². The number of aliphatic imine (C=N–C) groups is 1. The molecule has 1 aliphatic rings. The predicted octanol–water partition coefficient (Wildman–Crippen LogP) is 15.2. The maximum atomic E-state index is 6.49. The first-order valence-electron chi connectivity index (χ1n) is 22.4. The molecule has 0 bridgehead atoms. The van der Waals surface area contributed by atoms with E-state index in [1.165, 1.54) is 33.4 Å². The van der Waals surface area contributed by atoms with Crippen LogP contribution in [-0.2, 0) is 5.41 Å². The van der Waals surface area contributed by atoms with E-state index in [0.29, 0.717) is 5.84 Å². The maximum absolute atomic E-state index is 6.49. The van der Waals surface area contributed by atoms with E-state index in [-0.39, 0.29) is 0 Å². The summed E-state index contributed by atoms with van der Waals surface area (Å²) in [5.74, 6) is 0.464. The highest BCUT2D eigenvalue weighted by atomic mass is 15.1. The summed E-state index contributed by atoms with van der Waals surface area (Å²) < 4.78 is 2.37. The number of nitrogens with one attached hydrogen (secondary N) is 1. The molecule has 11 rings (SSSR count). The maximum Gasteiger partial charge on any atom is 0.130 e. The van der Waals surface area contributed by atoms with Crippen molar-refractivity contribution in [2.75, 3.05) is 10.2 Å². The van der Waals surface area contributed by atoms with Crippen LogP contribution in [0.5, 0.6) is 0 Å². The fraction of sp³-hybridized carbons (Fsp3) is 0.0328. The third kappa shape index (κ3) is 6.60. The minimum Gasteiger partial charge on any atom is -0.383 e. The second-order valence-corrected chi connectivity index (χ2v) is 16.6. The van der Waals surface area contributed by atoms with Crippen LogP contribution in [-0.4, -0.2) is 10.4 Å². The van der Waals surface area contributed by atoms with Crippen LogP contribution in [0.3, 0.4) is 0 Å². The Morgan fingerprint density at radius 3 is 1.86 bits per heavy atom. The van der Waals surface area contributed by atoms with E-state index < -0.39 is 5.41 Å². The molecule has 0 saturated heterocycles. The largest absolute Gasteiger partial charge is 0.383 e. The fourth-order valence-corrected chi connectivity index (χ4v) is 10.1. The molecular formula is C61H47N5. The van der Waals surface area contributed by atoms with Crippen LogP contribution in [0.15, 0.2) is 242 Å². The van der Waals surface area contributed by atoms with Crippen molar-refractivity contribution in [1.29, 1.82) is 0 Å².